The van der Waals surface area contributed by atoms with Crippen LogP contribution in [0.3, 0.4) is 0 Å². The molecule has 3 heterocycles. The molecule has 0 radical (unpaired) electrons. The van der Waals surface area contributed by atoms with Crippen molar-refractivity contribution in [2.45, 2.75) is 0 Å². The molecule has 1 N–H and O–H groups in total. The van der Waals surface area contributed by atoms with Crippen LogP contribution in [0.2, 0.25) is 0 Å². The summed E-state index contributed by atoms with van der Waals surface area (Å²) in [5.74, 6) is 1.55. The molecule has 0 amide bonds. The second-order valence-corrected chi connectivity index (χ2v) is 5.83. The number of ether oxygens (including phenoxy) is 1. The van der Waals surface area contributed by atoms with Crippen molar-refractivity contribution >= 4 is 22.7 Å². The van der Waals surface area contributed by atoms with E-state index in [0.29, 0.717) is 13.2 Å². The molecule has 1 fully saturated rings. The number of benzene rings is 1. The highest BCUT2D eigenvalue weighted by molar-refractivity contribution is 5.84. The van der Waals surface area contributed by atoms with Gasteiger partial charge in [-0.3, -0.25) is 4.68 Å². The Labute approximate surface area is 140 Å². The minimum absolute atomic E-state index is 0.712. The Balaban J connectivity index is 1.78. The fraction of sp³-hybridized carbons (Fsp3) is 0.353. The number of rotatable bonds is 3. The van der Waals surface area contributed by atoms with E-state index in [9.17, 15) is 0 Å². The number of anilines is 2. The molecule has 124 valence electrons. The molecule has 2 aromatic heterocycles. The summed E-state index contributed by atoms with van der Waals surface area (Å²) in [5, 5.41) is 8.56. The van der Waals surface area contributed by atoms with Gasteiger partial charge < -0.3 is 15.0 Å². The topological polar surface area (TPSA) is 68.1 Å². The van der Waals surface area contributed by atoms with E-state index in [4.69, 9.17) is 9.72 Å². The van der Waals surface area contributed by atoms with Crippen LogP contribution < -0.4 is 10.2 Å². The van der Waals surface area contributed by atoms with Gasteiger partial charge in [0.1, 0.15) is 5.82 Å². The maximum absolute atomic E-state index is 5.42. The number of aryl methyl sites for hydroxylation is 1. The second kappa shape index (κ2) is 6.09. The number of morpholine rings is 1. The molecule has 0 unspecified atom stereocenters. The predicted molar refractivity (Wildman–Crippen MR) is 94.3 cm³/mol. The zero-order valence-corrected chi connectivity index (χ0v) is 13.9. The van der Waals surface area contributed by atoms with Crippen molar-refractivity contribution in [3.05, 3.63) is 30.5 Å². The Morgan fingerprint density at radius 1 is 1.12 bits per heavy atom. The van der Waals surface area contributed by atoms with Gasteiger partial charge in [0.15, 0.2) is 0 Å². The minimum atomic E-state index is 0.712. The zero-order chi connectivity index (χ0) is 16.5. The van der Waals surface area contributed by atoms with Gasteiger partial charge in [0.25, 0.3) is 0 Å². The van der Waals surface area contributed by atoms with Crippen LogP contribution in [0, 0.1) is 0 Å². The fourth-order valence-electron chi connectivity index (χ4n) is 2.92. The van der Waals surface area contributed by atoms with Gasteiger partial charge in [-0.25, -0.2) is 4.98 Å². The maximum Gasteiger partial charge on any atom is 0.228 e. The van der Waals surface area contributed by atoms with Gasteiger partial charge in [-0.05, 0) is 6.07 Å². The molecule has 0 atom stereocenters. The standard InChI is InChI=1S/C17H20N6O/c1-18-16-10-14(20-17(21-16)23-5-7-24-8-6-23)12-3-4-13-11-19-22(2)15(13)9-12/h3-4,9-11H,5-8H2,1-2H3,(H,18,20,21). The average Bonchev–Trinajstić information content (AvgIpc) is 3.02. The maximum atomic E-state index is 5.42. The van der Waals surface area contributed by atoms with E-state index in [2.05, 4.69) is 38.5 Å². The summed E-state index contributed by atoms with van der Waals surface area (Å²) < 4.78 is 7.30. The molecule has 1 aromatic carbocycles. The first-order chi connectivity index (χ1) is 11.7. The normalized spacial score (nSPS) is 15.0. The first-order valence-electron chi connectivity index (χ1n) is 8.06. The van der Waals surface area contributed by atoms with E-state index >= 15 is 0 Å². The summed E-state index contributed by atoms with van der Waals surface area (Å²) >= 11 is 0. The molecule has 0 saturated carbocycles. The Kier molecular flexibility index (Phi) is 3.78. The van der Waals surface area contributed by atoms with Gasteiger partial charge in [0, 0.05) is 44.2 Å². The Morgan fingerprint density at radius 2 is 1.96 bits per heavy atom. The molecular weight excluding hydrogens is 304 g/mol. The molecule has 0 bridgehead atoms. The van der Waals surface area contributed by atoms with Crippen LogP contribution in [-0.2, 0) is 11.8 Å². The van der Waals surface area contributed by atoms with Gasteiger partial charge in [-0.2, -0.15) is 10.1 Å². The SMILES string of the molecule is CNc1cc(-c2ccc3cnn(C)c3c2)nc(N2CCOCC2)n1. The smallest absolute Gasteiger partial charge is 0.228 e. The lowest BCUT2D eigenvalue weighted by molar-refractivity contribution is 0.122. The molecule has 0 spiro atoms. The van der Waals surface area contributed by atoms with Crippen LogP contribution in [0.4, 0.5) is 11.8 Å². The third-order valence-corrected chi connectivity index (χ3v) is 4.31. The minimum Gasteiger partial charge on any atom is -0.378 e. The third-order valence-electron chi connectivity index (χ3n) is 4.31. The van der Waals surface area contributed by atoms with Crippen molar-refractivity contribution in [2.75, 3.05) is 43.6 Å². The number of hydrogen-bond donors (Lipinski definition) is 1. The van der Waals surface area contributed by atoms with E-state index in [-0.39, 0.29) is 0 Å². The van der Waals surface area contributed by atoms with Crippen molar-refractivity contribution in [1.29, 1.82) is 0 Å². The molecule has 7 nitrogen and oxygen atoms in total. The molecule has 24 heavy (non-hydrogen) atoms. The average molecular weight is 324 g/mol. The molecule has 1 aliphatic heterocycles. The van der Waals surface area contributed by atoms with Crippen molar-refractivity contribution in [3.8, 4) is 11.3 Å². The number of fused-ring (bicyclic) bond motifs is 1. The lowest BCUT2D eigenvalue weighted by Gasteiger charge is -2.27. The monoisotopic (exact) mass is 324 g/mol. The largest absolute Gasteiger partial charge is 0.378 e. The second-order valence-electron chi connectivity index (χ2n) is 5.83. The van der Waals surface area contributed by atoms with E-state index in [1.807, 2.05) is 31.0 Å². The molecule has 0 aliphatic carbocycles. The lowest BCUT2D eigenvalue weighted by Crippen LogP contribution is -2.37. The molecule has 4 rings (SSSR count). The summed E-state index contributed by atoms with van der Waals surface area (Å²) in [7, 11) is 3.82. The van der Waals surface area contributed by atoms with Crippen LogP contribution in [-0.4, -0.2) is 53.1 Å². The van der Waals surface area contributed by atoms with Crippen LogP contribution >= 0.6 is 0 Å². The van der Waals surface area contributed by atoms with Gasteiger partial charge in [-0.15, -0.1) is 0 Å². The summed E-state index contributed by atoms with van der Waals surface area (Å²) in [4.78, 5) is 11.6. The summed E-state index contributed by atoms with van der Waals surface area (Å²) in [5.41, 5.74) is 3.04. The van der Waals surface area contributed by atoms with Crippen LogP contribution in [0.1, 0.15) is 0 Å². The number of nitrogens with zero attached hydrogens (tertiary/aromatic N) is 5. The van der Waals surface area contributed by atoms with E-state index in [1.54, 1.807) is 0 Å². The van der Waals surface area contributed by atoms with Gasteiger partial charge in [0.05, 0.1) is 30.6 Å². The number of nitrogens with one attached hydrogen (secondary N) is 1. The Morgan fingerprint density at radius 3 is 2.75 bits per heavy atom. The third kappa shape index (κ3) is 2.67. The van der Waals surface area contributed by atoms with Gasteiger partial charge in [0.2, 0.25) is 5.95 Å². The molecule has 7 heteroatoms. The Bertz CT molecular complexity index is 869. The Hall–Kier alpha value is -2.67. The summed E-state index contributed by atoms with van der Waals surface area (Å²) in [6.07, 6.45) is 1.87. The van der Waals surface area contributed by atoms with Crippen molar-refractivity contribution in [2.24, 2.45) is 7.05 Å². The van der Waals surface area contributed by atoms with Crippen LogP contribution in [0.25, 0.3) is 22.2 Å². The van der Waals surface area contributed by atoms with E-state index in [1.165, 1.54) is 0 Å². The predicted octanol–water partition coefficient (Wildman–Crippen LogP) is 1.91. The van der Waals surface area contributed by atoms with Crippen molar-refractivity contribution in [3.63, 3.8) is 0 Å². The summed E-state index contributed by atoms with van der Waals surface area (Å²) in [6.45, 7) is 3.05. The van der Waals surface area contributed by atoms with E-state index < -0.39 is 0 Å². The highest BCUT2D eigenvalue weighted by Gasteiger charge is 2.16. The van der Waals surface area contributed by atoms with E-state index in [0.717, 1.165) is 47.0 Å². The molecule has 1 aliphatic rings. The van der Waals surface area contributed by atoms with Gasteiger partial charge >= 0.3 is 0 Å². The molecule has 3 aromatic rings. The van der Waals surface area contributed by atoms with Gasteiger partial charge in [-0.1, -0.05) is 12.1 Å². The first kappa shape index (κ1) is 14.9. The zero-order valence-electron chi connectivity index (χ0n) is 13.9. The summed E-state index contributed by atoms with van der Waals surface area (Å²) in [6, 6.07) is 8.25. The number of hydrogen-bond acceptors (Lipinski definition) is 6. The fourth-order valence-corrected chi connectivity index (χ4v) is 2.92. The number of aromatic nitrogens is 4. The highest BCUT2D eigenvalue weighted by Crippen LogP contribution is 2.26. The highest BCUT2D eigenvalue weighted by atomic mass is 16.5. The lowest BCUT2D eigenvalue weighted by atomic mass is 10.1. The van der Waals surface area contributed by atoms with Crippen molar-refractivity contribution < 1.29 is 4.74 Å². The first-order valence-corrected chi connectivity index (χ1v) is 8.06. The van der Waals surface area contributed by atoms with Crippen molar-refractivity contribution in [1.82, 2.24) is 19.7 Å². The molecule has 1 saturated heterocycles. The quantitative estimate of drug-likeness (QED) is 0.794. The van der Waals surface area contributed by atoms with Crippen LogP contribution in [0.15, 0.2) is 30.5 Å². The van der Waals surface area contributed by atoms with Crippen LogP contribution in [0.5, 0.6) is 0 Å². The molecular formula is C17H20N6O.